The van der Waals surface area contributed by atoms with E-state index in [0.29, 0.717) is 45.6 Å². The molecule has 3 N–H and O–H groups in total. The summed E-state index contributed by atoms with van der Waals surface area (Å²) in [7, 11) is 1.91. The fraction of sp³-hybridized carbons (Fsp3) is 0.515. The largest absolute Gasteiger partial charge is 0.350 e. The van der Waals surface area contributed by atoms with E-state index in [4.69, 9.17) is 0 Å². The van der Waals surface area contributed by atoms with Gasteiger partial charge in [0.2, 0.25) is 17.7 Å². The molecule has 3 amide bonds. The first-order valence-corrected chi connectivity index (χ1v) is 15.6. The molecule has 3 aromatic rings. The van der Waals surface area contributed by atoms with Crippen molar-refractivity contribution in [3.63, 3.8) is 0 Å². The van der Waals surface area contributed by atoms with E-state index in [2.05, 4.69) is 52.2 Å². The van der Waals surface area contributed by atoms with Gasteiger partial charge in [0.1, 0.15) is 6.04 Å². The third-order valence-electron chi connectivity index (χ3n) is 9.37. The number of likely N-dealkylation sites (tertiary alicyclic amines) is 1. The van der Waals surface area contributed by atoms with Gasteiger partial charge in [0.15, 0.2) is 0 Å². The van der Waals surface area contributed by atoms with Crippen molar-refractivity contribution in [2.75, 3.05) is 39.3 Å². The number of amides is 3. The number of carbonyl (C=O) groups is 3. The van der Waals surface area contributed by atoms with Gasteiger partial charge in [0.05, 0.1) is 23.7 Å². The highest BCUT2D eigenvalue weighted by Crippen LogP contribution is 2.30. The molecule has 228 valence electrons. The van der Waals surface area contributed by atoms with E-state index in [1.165, 1.54) is 11.1 Å². The Morgan fingerprint density at radius 1 is 1.00 bits per heavy atom. The van der Waals surface area contributed by atoms with Crippen molar-refractivity contribution in [3.05, 3.63) is 65.4 Å². The zero-order valence-electron chi connectivity index (χ0n) is 25.2. The fourth-order valence-electron chi connectivity index (χ4n) is 6.96. The number of nitrogens with zero attached hydrogens (tertiary/aromatic N) is 4. The maximum atomic E-state index is 14.3. The minimum atomic E-state index is -0.613. The second-order valence-electron chi connectivity index (χ2n) is 12.4. The molecule has 0 aliphatic carbocycles. The van der Waals surface area contributed by atoms with Crippen LogP contribution in [0.2, 0.25) is 0 Å². The molecule has 3 aliphatic heterocycles. The van der Waals surface area contributed by atoms with Gasteiger partial charge in [0.25, 0.3) is 0 Å². The van der Waals surface area contributed by atoms with E-state index < -0.39 is 18.0 Å². The lowest BCUT2D eigenvalue weighted by molar-refractivity contribution is -0.147. The summed E-state index contributed by atoms with van der Waals surface area (Å²) < 4.78 is 1.83. The number of aryl methyl sites for hydroxylation is 2. The summed E-state index contributed by atoms with van der Waals surface area (Å²) in [5, 5.41) is 15.1. The van der Waals surface area contributed by atoms with Crippen molar-refractivity contribution in [1.29, 1.82) is 0 Å². The van der Waals surface area contributed by atoms with Crippen LogP contribution in [0, 0.1) is 18.8 Å². The monoisotopic (exact) mass is 585 g/mol. The van der Waals surface area contributed by atoms with Gasteiger partial charge in [0, 0.05) is 51.7 Å². The zero-order valence-corrected chi connectivity index (χ0v) is 25.2. The molecule has 4 atom stereocenters. The highest BCUT2D eigenvalue weighted by Gasteiger charge is 2.46. The average Bonchev–Trinajstić information content (AvgIpc) is 3.63. The first-order chi connectivity index (χ1) is 20.9. The lowest BCUT2D eigenvalue weighted by atomic mass is 9.88. The van der Waals surface area contributed by atoms with E-state index in [9.17, 15) is 14.4 Å². The molecule has 43 heavy (non-hydrogen) atoms. The van der Waals surface area contributed by atoms with E-state index in [-0.39, 0.29) is 23.6 Å². The number of fused-ring (bicyclic) bond motifs is 1. The first kappa shape index (κ1) is 29.3. The number of carbonyl (C=O) groups excluding carboxylic acids is 3. The van der Waals surface area contributed by atoms with Crippen LogP contribution in [0.1, 0.15) is 36.0 Å². The van der Waals surface area contributed by atoms with Crippen LogP contribution in [0.3, 0.4) is 0 Å². The Labute approximate surface area is 253 Å². The number of nitrogens with one attached hydrogen (secondary N) is 3. The lowest BCUT2D eigenvalue weighted by Gasteiger charge is -2.38. The van der Waals surface area contributed by atoms with Gasteiger partial charge in [-0.05, 0) is 68.3 Å². The summed E-state index contributed by atoms with van der Waals surface area (Å²) in [6.07, 6.45) is 4.75. The highest BCUT2D eigenvalue weighted by atomic mass is 16.2. The molecule has 3 saturated heterocycles. The van der Waals surface area contributed by atoms with Crippen LogP contribution >= 0.6 is 0 Å². The summed E-state index contributed by atoms with van der Waals surface area (Å²) in [4.78, 5) is 45.3. The van der Waals surface area contributed by atoms with Crippen LogP contribution in [0.25, 0.3) is 10.9 Å². The second-order valence-corrected chi connectivity index (χ2v) is 12.4. The number of piperazine rings is 1. The van der Waals surface area contributed by atoms with Gasteiger partial charge in [-0.1, -0.05) is 35.9 Å². The Bertz CT molecular complexity index is 1460. The summed E-state index contributed by atoms with van der Waals surface area (Å²) in [5.41, 5.74) is 4.43. The standard InChI is InChI=1S/C33H43N7O3/c1-22-5-7-23(8-6-22)16-25-18-29(31(41)36-19-24-9-10-28-26(17-24)20-37-38(28)2)40(21-25)33(43)30-27(4-3-11-35-30)32(42)39-14-12-34-13-15-39/h5-10,17,20,25,27,29-30,34-35H,3-4,11-16,18-19,21H2,1-2H3,(H,36,41)/t25-,27+,29+,30-/m1/s1. The molecular weight excluding hydrogens is 542 g/mol. The van der Waals surface area contributed by atoms with E-state index >= 15 is 0 Å². The maximum Gasteiger partial charge on any atom is 0.243 e. The molecule has 2 aromatic carbocycles. The predicted molar refractivity (Wildman–Crippen MR) is 165 cm³/mol. The van der Waals surface area contributed by atoms with Gasteiger partial charge >= 0.3 is 0 Å². The van der Waals surface area contributed by atoms with Crippen LogP contribution in [-0.4, -0.2) is 88.7 Å². The molecule has 3 aliphatic rings. The molecule has 4 heterocycles. The third kappa shape index (κ3) is 6.45. The van der Waals surface area contributed by atoms with E-state index in [0.717, 1.165) is 42.4 Å². The summed E-state index contributed by atoms with van der Waals surface area (Å²) in [5.74, 6) is -0.483. The Morgan fingerprint density at radius 2 is 1.77 bits per heavy atom. The molecule has 6 rings (SSSR count). The lowest BCUT2D eigenvalue weighted by Crippen LogP contribution is -2.60. The van der Waals surface area contributed by atoms with Crippen LogP contribution in [0.5, 0.6) is 0 Å². The number of rotatable bonds is 7. The average molecular weight is 586 g/mol. The van der Waals surface area contributed by atoms with Crippen molar-refractivity contribution < 1.29 is 14.4 Å². The quantitative estimate of drug-likeness (QED) is 0.390. The number of hydrogen-bond acceptors (Lipinski definition) is 6. The normalized spacial score (nSPS) is 24.3. The van der Waals surface area contributed by atoms with Gasteiger partial charge in [-0.15, -0.1) is 0 Å². The predicted octanol–water partition coefficient (Wildman–Crippen LogP) is 1.76. The summed E-state index contributed by atoms with van der Waals surface area (Å²) in [6.45, 7) is 6.50. The molecule has 10 heteroatoms. The number of hydrogen-bond donors (Lipinski definition) is 3. The molecule has 0 unspecified atom stereocenters. The molecule has 3 fully saturated rings. The van der Waals surface area contributed by atoms with Crippen molar-refractivity contribution in [2.45, 2.75) is 51.2 Å². The summed E-state index contributed by atoms with van der Waals surface area (Å²) >= 11 is 0. The molecule has 10 nitrogen and oxygen atoms in total. The first-order valence-electron chi connectivity index (χ1n) is 15.6. The number of aromatic nitrogens is 2. The molecule has 0 bridgehead atoms. The number of piperidine rings is 1. The smallest absolute Gasteiger partial charge is 0.243 e. The van der Waals surface area contributed by atoms with Gasteiger partial charge in [-0.2, -0.15) is 5.10 Å². The van der Waals surface area contributed by atoms with Crippen molar-refractivity contribution >= 4 is 28.6 Å². The zero-order chi connectivity index (χ0) is 29.9. The fourth-order valence-corrected chi connectivity index (χ4v) is 6.96. The van der Waals surface area contributed by atoms with Crippen molar-refractivity contribution in [3.8, 4) is 0 Å². The number of benzene rings is 2. The topological polar surface area (TPSA) is 112 Å². The SMILES string of the molecule is Cc1ccc(C[C@@H]2C[C@@H](C(=O)NCc3ccc4c(cnn4C)c3)N(C(=O)[C@@H]3NCCC[C@@H]3C(=O)N3CCNCC3)C2)cc1. The minimum absolute atomic E-state index is 0.0502. The third-order valence-corrected chi connectivity index (χ3v) is 9.37. The van der Waals surface area contributed by atoms with Crippen molar-refractivity contribution in [1.82, 2.24) is 35.5 Å². The Kier molecular flexibility index (Phi) is 8.76. The van der Waals surface area contributed by atoms with E-state index in [1.54, 1.807) is 4.90 Å². The molecular formula is C33H43N7O3. The van der Waals surface area contributed by atoms with Crippen LogP contribution < -0.4 is 16.0 Å². The summed E-state index contributed by atoms with van der Waals surface area (Å²) in [6, 6.07) is 13.3. The molecule has 1 aromatic heterocycles. The van der Waals surface area contributed by atoms with Gasteiger partial charge < -0.3 is 25.8 Å². The van der Waals surface area contributed by atoms with Crippen molar-refractivity contribution in [2.24, 2.45) is 18.9 Å². The van der Waals surface area contributed by atoms with Crippen LogP contribution in [-0.2, 0) is 34.4 Å². The minimum Gasteiger partial charge on any atom is -0.350 e. The van der Waals surface area contributed by atoms with Gasteiger partial charge in [-0.3, -0.25) is 19.1 Å². The van der Waals surface area contributed by atoms with Crippen LogP contribution in [0.15, 0.2) is 48.7 Å². The molecule has 0 radical (unpaired) electrons. The highest BCUT2D eigenvalue weighted by molar-refractivity contribution is 5.94. The van der Waals surface area contributed by atoms with Gasteiger partial charge in [-0.25, -0.2) is 0 Å². The maximum absolute atomic E-state index is 14.3. The second kappa shape index (κ2) is 12.9. The Balaban J connectivity index is 1.19. The molecule has 0 spiro atoms. The molecule has 0 saturated carbocycles. The van der Waals surface area contributed by atoms with Crippen LogP contribution in [0.4, 0.5) is 0 Å². The Morgan fingerprint density at radius 3 is 2.56 bits per heavy atom. The Hall–Kier alpha value is -3.76. The van der Waals surface area contributed by atoms with E-state index in [1.807, 2.05) is 41.0 Å².